The zero-order chi connectivity index (χ0) is 19.4. The number of amides is 2. The van der Waals surface area contributed by atoms with Crippen LogP contribution in [0.1, 0.15) is 68.9 Å². The van der Waals surface area contributed by atoms with Gasteiger partial charge in [-0.3, -0.25) is 14.6 Å². The van der Waals surface area contributed by atoms with Gasteiger partial charge < -0.3 is 9.80 Å². The minimum Gasteiger partial charge on any atom is -0.342 e. The van der Waals surface area contributed by atoms with E-state index < -0.39 is 0 Å². The fourth-order valence-electron chi connectivity index (χ4n) is 4.42. The molecule has 0 aromatic carbocycles. The van der Waals surface area contributed by atoms with Crippen LogP contribution in [-0.2, 0) is 11.2 Å². The maximum absolute atomic E-state index is 13.1. The summed E-state index contributed by atoms with van der Waals surface area (Å²) in [7, 11) is 0. The fourth-order valence-corrected chi connectivity index (χ4v) is 4.42. The van der Waals surface area contributed by atoms with Crippen molar-refractivity contribution in [2.45, 2.75) is 59.3 Å². The van der Waals surface area contributed by atoms with Crippen LogP contribution in [-0.4, -0.2) is 52.8 Å². The van der Waals surface area contributed by atoms with Crippen LogP contribution in [0.25, 0.3) is 0 Å². The van der Waals surface area contributed by atoms with Crippen molar-refractivity contribution in [2.75, 3.05) is 26.2 Å². The first-order valence-corrected chi connectivity index (χ1v) is 10.4. The summed E-state index contributed by atoms with van der Waals surface area (Å²) in [4.78, 5) is 33.8. The number of nitrogens with zero attached hydrogens (tertiary/aromatic N) is 3. The molecule has 1 spiro atoms. The van der Waals surface area contributed by atoms with Gasteiger partial charge in [0.05, 0.1) is 0 Å². The average Bonchev–Trinajstić information content (AvgIpc) is 2.68. The Hall–Kier alpha value is -1.91. The smallest absolute Gasteiger partial charge is 0.253 e. The van der Waals surface area contributed by atoms with E-state index in [2.05, 4.69) is 30.7 Å². The van der Waals surface area contributed by atoms with Crippen LogP contribution in [0.2, 0.25) is 0 Å². The molecule has 2 aliphatic heterocycles. The Morgan fingerprint density at radius 1 is 1.30 bits per heavy atom. The van der Waals surface area contributed by atoms with E-state index in [0.717, 1.165) is 69.5 Å². The molecule has 2 saturated heterocycles. The number of aryl methyl sites for hydroxylation is 1. The first kappa shape index (κ1) is 19.8. The fraction of sp³-hybridized carbons (Fsp3) is 0.682. The van der Waals surface area contributed by atoms with Gasteiger partial charge in [-0.05, 0) is 50.2 Å². The number of rotatable bonds is 5. The zero-order valence-corrected chi connectivity index (χ0v) is 17.0. The van der Waals surface area contributed by atoms with Crippen molar-refractivity contribution in [3.8, 4) is 0 Å². The van der Waals surface area contributed by atoms with Crippen molar-refractivity contribution in [2.24, 2.45) is 11.3 Å². The molecule has 0 radical (unpaired) electrons. The molecule has 0 N–H and O–H groups in total. The van der Waals surface area contributed by atoms with Crippen LogP contribution in [0.5, 0.6) is 0 Å². The number of hydrogen-bond acceptors (Lipinski definition) is 3. The molecule has 2 aliphatic rings. The van der Waals surface area contributed by atoms with Gasteiger partial charge in [0.1, 0.15) is 0 Å². The van der Waals surface area contributed by atoms with Gasteiger partial charge >= 0.3 is 0 Å². The van der Waals surface area contributed by atoms with E-state index in [0.29, 0.717) is 12.3 Å². The molecule has 0 bridgehead atoms. The Labute approximate surface area is 163 Å². The number of pyridine rings is 1. The molecular weight excluding hydrogens is 338 g/mol. The predicted octanol–water partition coefficient (Wildman–Crippen LogP) is 3.53. The highest BCUT2D eigenvalue weighted by Crippen LogP contribution is 2.39. The highest BCUT2D eigenvalue weighted by molar-refractivity contribution is 5.94. The standard InChI is InChI=1S/C22H33N3O2/c1-4-19-14-18(7-11-23-19)21(27)25-12-5-9-22(16-25)10-6-20(26)24(15-22)13-8-17(2)3/h7,11,14,17H,4-6,8-10,12-13,15-16H2,1-3H3/t22-/m0/s1. The summed E-state index contributed by atoms with van der Waals surface area (Å²) in [6, 6.07) is 3.74. The third-order valence-corrected chi connectivity index (χ3v) is 6.10. The Morgan fingerprint density at radius 3 is 2.85 bits per heavy atom. The van der Waals surface area contributed by atoms with Crippen LogP contribution in [0.15, 0.2) is 18.3 Å². The molecule has 1 atom stereocenters. The Kier molecular flexibility index (Phi) is 6.18. The minimum absolute atomic E-state index is 0.0689. The quantitative estimate of drug-likeness (QED) is 0.795. The summed E-state index contributed by atoms with van der Waals surface area (Å²) in [5.74, 6) is 0.989. The van der Waals surface area contributed by atoms with Crippen molar-refractivity contribution >= 4 is 11.8 Å². The van der Waals surface area contributed by atoms with Gasteiger partial charge in [-0.1, -0.05) is 20.8 Å². The van der Waals surface area contributed by atoms with E-state index >= 15 is 0 Å². The predicted molar refractivity (Wildman–Crippen MR) is 106 cm³/mol. The van der Waals surface area contributed by atoms with Gasteiger partial charge in [-0.25, -0.2) is 0 Å². The second kappa shape index (κ2) is 8.41. The van der Waals surface area contributed by atoms with Crippen LogP contribution in [0, 0.1) is 11.3 Å². The maximum Gasteiger partial charge on any atom is 0.253 e. The number of piperidine rings is 2. The summed E-state index contributed by atoms with van der Waals surface area (Å²) in [6.45, 7) is 9.67. The van der Waals surface area contributed by atoms with E-state index in [4.69, 9.17) is 0 Å². The summed E-state index contributed by atoms with van der Waals surface area (Å²) < 4.78 is 0. The normalized spacial score (nSPS) is 23.3. The number of carbonyl (C=O) groups excluding carboxylic acids is 2. The molecule has 1 aromatic heterocycles. The molecule has 2 fully saturated rings. The minimum atomic E-state index is 0.0689. The van der Waals surface area contributed by atoms with Crippen molar-refractivity contribution < 1.29 is 9.59 Å². The lowest BCUT2D eigenvalue weighted by molar-refractivity contribution is -0.139. The first-order valence-electron chi connectivity index (χ1n) is 10.4. The van der Waals surface area contributed by atoms with E-state index in [-0.39, 0.29) is 17.2 Å². The van der Waals surface area contributed by atoms with Gasteiger partial charge in [0.25, 0.3) is 5.91 Å². The Bertz CT molecular complexity index is 688. The van der Waals surface area contributed by atoms with Gasteiger partial charge in [-0.2, -0.15) is 0 Å². The lowest BCUT2D eigenvalue weighted by Crippen LogP contribution is -2.55. The molecule has 0 saturated carbocycles. The van der Waals surface area contributed by atoms with Gasteiger partial charge in [0.15, 0.2) is 0 Å². The molecule has 3 rings (SSSR count). The molecule has 5 nitrogen and oxygen atoms in total. The largest absolute Gasteiger partial charge is 0.342 e. The third kappa shape index (κ3) is 4.69. The number of carbonyl (C=O) groups is 2. The third-order valence-electron chi connectivity index (χ3n) is 6.10. The van der Waals surface area contributed by atoms with Crippen molar-refractivity contribution in [1.82, 2.24) is 14.8 Å². The van der Waals surface area contributed by atoms with Crippen LogP contribution in [0.4, 0.5) is 0 Å². The summed E-state index contributed by atoms with van der Waals surface area (Å²) in [5.41, 5.74) is 1.76. The first-order chi connectivity index (χ1) is 12.9. The lowest BCUT2D eigenvalue weighted by Gasteiger charge is -2.48. The van der Waals surface area contributed by atoms with Crippen molar-refractivity contribution in [3.05, 3.63) is 29.6 Å². The number of aromatic nitrogens is 1. The molecule has 148 valence electrons. The topological polar surface area (TPSA) is 53.5 Å². The number of likely N-dealkylation sites (tertiary alicyclic amines) is 2. The SMILES string of the molecule is CCc1cc(C(=O)N2CCC[C@@]3(CCC(=O)N(CCC(C)C)C3)C2)ccn1. The molecule has 1 aromatic rings. The van der Waals surface area contributed by atoms with Crippen molar-refractivity contribution in [3.63, 3.8) is 0 Å². The summed E-state index contributed by atoms with van der Waals surface area (Å²) >= 11 is 0. The zero-order valence-electron chi connectivity index (χ0n) is 17.0. The van der Waals surface area contributed by atoms with Gasteiger partial charge in [0, 0.05) is 55.5 Å². The molecular formula is C22H33N3O2. The maximum atomic E-state index is 13.1. The molecule has 3 heterocycles. The van der Waals surface area contributed by atoms with Crippen LogP contribution in [0.3, 0.4) is 0 Å². The molecule has 5 heteroatoms. The highest BCUT2D eigenvalue weighted by atomic mass is 16.2. The van der Waals surface area contributed by atoms with Crippen LogP contribution >= 0.6 is 0 Å². The number of hydrogen-bond donors (Lipinski definition) is 0. The van der Waals surface area contributed by atoms with E-state index in [1.807, 2.05) is 17.0 Å². The summed E-state index contributed by atoms with van der Waals surface area (Å²) in [6.07, 6.45) is 7.26. The monoisotopic (exact) mass is 371 g/mol. The van der Waals surface area contributed by atoms with Crippen molar-refractivity contribution in [1.29, 1.82) is 0 Å². The molecule has 0 unspecified atom stereocenters. The highest BCUT2D eigenvalue weighted by Gasteiger charge is 2.42. The van der Waals surface area contributed by atoms with Crippen LogP contribution < -0.4 is 0 Å². The second-order valence-electron chi connectivity index (χ2n) is 8.72. The van der Waals surface area contributed by atoms with E-state index in [1.54, 1.807) is 6.20 Å². The molecule has 0 aliphatic carbocycles. The molecule has 2 amide bonds. The second-order valence-corrected chi connectivity index (χ2v) is 8.72. The van der Waals surface area contributed by atoms with E-state index in [9.17, 15) is 9.59 Å². The molecule has 27 heavy (non-hydrogen) atoms. The van der Waals surface area contributed by atoms with Gasteiger partial charge in [-0.15, -0.1) is 0 Å². The average molecular weight is 372 g/mol. The summed E-state index contributed by atoms with van der Waals surface area (Å²) in [5, 5.41) is 0. The van der Waals surface area contributed by atoms with Gasteiger partial charge in [0.2, 0.25) is 5.91 Å². The Balaban J connectivity index is 1.70. The Morgan fingerprint density at radius 2 is 2.11 bits per heavy atom. The van der Waals surface area contributed by atoms with E-state index in [1.165, 1.54) is 0 Å². The lowest BCUT2D eigenvalue weighted by atomic mass is 9.73.